The van der Waals surface area contributed by atoms with Crippen LogP contribution in [0, 0.1) is 0 Å². The molecule has 0 radical (unpaired) electrons. The molecule has 0 atom stereocenters. The van der Waals surface area contributed by atoms with Gasteiger partial charge in [-0.15, -0.1) is 0 Å². The van der Waals surface area contributed by atoms with Gasteiger partial charge in [0.1, 0.15) is 5.75 Å². The molecule has 6 heteroatoms. The number of hydrogen-bond donors (Lipinski definition) is 1. The van der Waals surface area contributed by atoms with Crippen LogP contribution in [0.3, 0.4) is 0 Å². The standard InChI is InChI=1S/C15H19N3O3/c1-2-21-13-7-5-12(6-8-13)11-16-17-14(19)15(20)18-9-3-4-10-18/h5-8,11H,2-4,9-10H2,1H3,(H,17,19). The summed E-state index contributed by atoms with van der Waals surface area (Å²) in [5.41, 5.74) is 3.07. The van der Waals surface area contributed by atoms with Crippen LogP contribution in [0.1, 0.15) is 25.3 Å². The third-order valence-corrected chi connectivity index (χ3v) is 3.16. The smallest absolute Gasteiger partial charge is 0.329 e. The lowest BCUT2D eigenvalue weighted by atomic mass is 10.2. The van der Waals surface area contributed by atoms with E-state index >= 15 is 0 Å². The average Bonchev–Trinajstić information content (AvgIpc) is 3.02. The van der Waals surface area contributed by atoms with Crippen molar-refractivity contribution in [3.8, 4) is 5.75 Å². The van der Waals surface area contributed by atoms with Crippen molar-refractivity contribution in [3.63, 3.8) is 0 Å². The summed E-state index contributed by atoms with van der Waals surface area (Å²) in [6, 6.07) is 7.29. The minimum Gasteiger partial charge on any atom is -0.494 e. The quantitative estimate of drug-likeness (QED) is 0.513. The number of amides is 2. The van der Waals surface area contributed by atoms with Gasteiger partial charge in [-0.05, 0) is 49.6 Å². The Labute approximate surface area is 123 Å². The van der Waals surface area contributed by atoms with Crippen LogP contribution in [0.25, 0.3) is 0 Å². The molecule has 1 aromatic rings. The first kappa shape index (κ1) is 15.0. The van der Waals surface area contributed by atoms with Gasteiger partial charge >= 0.3 is 11.8 Å². The van der Waals surface area contributed by atoms with Gasteiger partial charge in [0.25, 0.3) is 0 Å². The topological polar surface area (TPSA) is 71.0 Å². The highest BCUT2D eigenvalue weighted by Crippen LogP contribution is 2.10. The van der Waals surface area contributed by atoms with Crippen LogP contribution in [-0.4, -0.2) is 42.6 Å². The highest BCUT2D eigenvalue weighted by atomic mass is 16.5. The van der Waals surface area contributed by atoms with Crippen molar-refractivity contribution in [2.24, 2.45) is 5.10 Å². The number of carbonyl (C=O) groups excluding carboxylic acids is 2. The highest BCUT2D eigenvalue weighted by molar-refractivity contribution is 6.35. The lowest BCUT2D eigenvalue weighted by molar-refractivity contribution is -0.145. The van der Waals surface area contributed by atoms with Gasteiger partial charge in [-0.25, -0.2) is 5.43 Å². The number of rotatable bonds is 4. The number of benzene rings is 1. The molecule has 2 amide bonds. The van der Waals surface area contributed by atoms with Gasteiger partial charge in [0.2, 0.25) is 0 Å². The van der Waals surface area contributed by atoms with Gasteiger partial charge in [0.05, 0.1) is 12.8 Å². The van der Waals surface area contributed by atoms with Crippen LogP contribution in [0.5, 0.6) is 5.75 Å². The molecule has 0 aliphatic carbocycles. The third kappa shape index (κ3) is 4.30. The van der Waals surface area contributed by atoms with Gasteiger partial charge < -0.3 is 9.64 Å². The first-order valence-corrected chi connectivity index (χ1v) is 7.06. The van der Waals surface area contributed by atoms with Crippen molar-refractivity contribution < 1.29 is 14.3 Å². The van der Waals surface area contributed by atoms with E-state index in [-0.39, 0.29) is 0 Å². The van der Waals surface area contributed by atoms with E-state index in [0.29, 0.717) is 19.7 Å². The van der Waals surface area contributed by atoms with Crippen LogP contribution in [0.15, 0.2) is 29.4 Å². The predicted octanol–water partition coefficient (Wildman–Crippen LogP) is 1.16. The molecule has 0 saturated carbocycles. The lowest BCUT2D eigenvalue weighted by Crippen LogP contribution is -2.39. The number of carbonyl (C=O) groups is 2. The number of ether oxygens (including phenoxy) is 1. The van der Waals surface area contributed by atoms with E-state index in [1.807, 2.05) is 31.2 Å². The first-order chi connectivity index (χ1) is 10.2. The number of nitrogens with zero attached hydrogens (tertiary/aromatic N) is 2. The molecule has 0 aromatic heterocycles. The second kappa shape index (κ2) is 7.42. The average molecular weight is 289 g/mol. The number of likely N-dealkylation sites (tertiary alicyclic amines) is 1. The minimum absolute atomic E-state index is 0.517. The molecule has 2 rings (SSSR count). The van der Waals surface area contributed by atoms with Crippen LogP contribution >= 0.6 is 0 Å². The Hall–Kier alpha value is -2.37. The molecule has 1 fully saturated rings. The fourth-order valence-corrected chi connectivity index (χ4v) is 2.09. The molecule has 1 N–H and O–H groups in total. The molecule has 21 heavy (non-hydrogen) atoms. The second-order valence-corrected chi connectivity index (χ2v) is 4.70. The first-order valence-electron chi connectivity index (χ1n) is 7.06. The third-order valence-electron chi connectivity index (χ3n) is 3.16. The van der Waals surface area contributed by atoms with E-state index < -0.39 is 11.8 Å². The fourth-order valence-electron chi connectivity index (χ4n) is 2.09. The Morgan fingerprint density at radius 3 is 2.57 bits per heavy atom. The maximum absolute atomic E-state index is 11.7. The molecular weight excluding hydrogens is 270 g/mol. The van der Waals surface area contributed by atoms with E-state index in [1.54, 1.807) is 4.90 Å². The number of hydrogen-bond acceptors (Lipinski definition) is 4. The molecule has 0 unspecified atom stereocenters. The molecule has 1 heterocycles. The highest BCUT2D eigenvalue weighted by Gasteiger charge is 2.23. The normalized spacial score (nSPS) is 14.4. The largest absolute Gasteiger partial charge is 0.494 e. The van der Waals surface area contributed by atoms with E-state index in [1.165, 1.54) is 6.21 Å². The number of hydrazone groups is 1. The molecule has 1 aliphatic rings. The summed E-state index contributed by atoms with van der Waals surface area (Å²) in [5, 5.41) is 3.80. The van der Waals surface area contributed by atoms with E-state index in [4.69, 9.17) is 4.74 Å². The fraction of sp³-hybridized carbons (Fsp3) is 0.400. The van der Waals surface area contributed by atoms with Gasteiger partial charge in [0, 0.05) is 13.1 Å². The molecule has 0 bridgehead atoms. The Bertz CT molecular complexity index is 519. The molecule has 1 aromatic carbocycles. The van der Waals surface area contributed by atoms with E-state index in [0.717, 1.165) is 24.2 Å². The summed E-state index contributed by atoms with van der Waals surface area (Å²) in [6.07, 6.45) is 3.40. The Balaban J connectivity index is 1.83. The maximum Gasteiger partial charge on any atom is 0.329 e. The molecule has 1 aliphatic heterocycles. The van der Waals surface area contributed by atoms with Gasteiger partial charge in [0.15, 0.2) is 0 Å². The summed E-state index contributed by atoms with van der Waals surface area (Å²) >= 11 is 0. The van der Waals surface area contributed by atoms with Crippen molar-refractivity contribution in [2.75, 3.05) is 19.7 Å². The predicted molar refractivity (Wildman–Crippen MR) is 79.2 cm³/mol. The van der Waals surface area contributed by atoms with Crippen molar-refractivity contribution >= 4 is 18.0 Å². The zero-order valence-corrected chi connectivity index (χ0v) is 12.0. The minimum atomic E-state index is -0.695. The Kier molecular flexibility index (Phi) is 5.31. The summed E-state index contributed by atoms with van der Waals surface area (Å²) in [6.45, 7) is 3.83. The second-order valence-electron chi connectivity index (χ2n) is 4.70. The summed E-state index contributed by atoms with van der Waals surface area (Å²) < 4.78 is 5.33. The summed E-state index contributed by atoms with van der Waals surface area (Å²) in [7, 11) is 0. The van der Waals surface area contributed by atoms with Gasteiger partial charge in [-0.1, -0.05) is 0 Å². The van der Waals surface area contributed by atoms with E-state index in [9.17, 15) is 9.59 Å². The van der Waals surface area contributed by atoms with Crippen LogP contribution < -0.4 is 10.2 Å². The monoisotopic (exact) mass is 289 g/mol. The van der Waals surface area contributed by atoms with Crippen LogP contribution in [-0.2, 0) is 9.59 Å². The Morgan fingerprint density at radius 2 is 1.95 bits per heavy atom. The zero-order valence-electron chi connectivity index (χ0n) is 12.0. The zero-order chi connectivity index (χ0) is 15.1. The van der Waals surface area contributed by atoms with Crippen LogP contribution in [0.2, 0.25) is 0 Å². The molecule has 0 spiro atoms. The summed E-state index contributed by atoms with van der Waals surface area (Å²) in [5.74, 6) is -0.432. The molecule has 112 valence electrons. The van der Waals surface area contributed by atoms with Crippen molar-refractivity contribution in [3.05, 3.63) is 29.8 Å². The molecule has 6 nitrogen and oxygen atoms in total. The summed E-state index contributed by atoms with van der Waals surface area (Å²) in [4.78, 5) is 24.9. The Morgan fingerprint density at radius 1 is 1.29 bits per heavy atom. The lowest BCUT2D eigenvalue weighted by Gasteiger charge is -2.12. The van der Waals surface area contributed by atoms with Crippen LogP contribution in [0.4, 0.5) is 0 Å². The van der Waals surface area contributed by atoms with Gasteiger partial charge in [-0.2, -0.15) is 5.10 Å². The SMILES string of the molecule is CCOc1ccc(C=NNC(=O)C(=O)N2CCCC2)cc1. The molecular formula is C15H19N3O3. The maximum atomic E-state index is 11.7. The van der Waals surface area contributed by atoms with Crippen molar-refractivity contribution in [1.82, 2.24) is 10.3 Å². The van der Waals surface area contributed by atoms with Crippen molar-refractivity contribution in [2.45, 2.75) is 19.8 Å². The van der Waals surface area contributed by atoms with E-state index in [2.05, 4.69) is 10.5 Å². The van der Waals surface area contributed by atoms with Gasteiger partial charge in [-0.3, -0.25) is 9.59 Å². The van der Waals surface area contributed by atoms with Crippen molar-refractivity contribution in [1.29, 1.82) is 0 Å². The molecule has 1 saturated heterocycles. The number of nitrogens with one attached hydrogen (secondary N) is 1.